The average molecular weight is 425 g/mol. The molecule has 0 unspecified atom stereocenters. The van der Waals surface area contributed by atoms with Crippen LogP contribution < -0.4 is 0 Å². The van der Waals surface area contributed by atoms with E-state index in [1.807, 2.05) is 0 Å². The molecule has 0 bridgehead atoms. The summed E-state index contributed by atoms with van der Waals surface area (Å²) in [6.07, 6.45) is 22.2. The van der Waals surface area contributed by atoms with Gasteiger partial charge in [0.2, 0.25) is 0 Å². The Morgan fingerprint density at radius 1 is 0.467 bits per heavy atom. The van der Waals surface area contributed by atoms with Crippen LogP contribution in [0.5, 0.6) is 0 Å². The summed E-state index contributed by atoms with van der Waals surface area (Å²) in [5.74, 6) is 0. The second-order valence-corrected chi connectivity index (χ2v) is 8.86. The molecule has 0 N–H and O–H groups in total. The Morgan fingerprint density at radius 2 is 0.900 bits per heavy atom. The Kier molecular flexibility index (Phi) is 23.9. The van der Waals surface area contributed by atoms with Crippen LogP contribution in [-0.4, -0.2) is 61.6 Å². The van der Waals surface area contributed by atoms with Crippen molar-refractivity contribution in [1.82, 2.24) is 9.80 Å². The molecular weight excluding hydrogens is 372 g/mol. The van der Waals surface area contributed by atoms with E-state index >= 15 is 0 Å². The lowest BCUT2D eigenvalue weighted by Gasteiger charge is -2.26. The van der Waals surface area contributed by atoms with Gasteiger partial charge in [0.1, 0.15) is 12.6 Å². The number of aldehydes is 2. The molecule has 4 nitrogen and oxygen atoms in total. The van der Waals surface area contributed by atoms with Gasteiger partial charge in [0.25, 0.3) is 0 Å². The third-order valence-corrected chi connectivity index (χ3v) is 6.02. The largest absolute Gasteiger partial charge is 0.303 e. The van der Waals surface area contributed by atoms with Gasteiger partial charge in [0.05, 0.1) is 6.54 Å². The number of hydrogen-bond acceptors (Lipinski definition) is 4. The molecule has 0 aromatic carbocycles. The van der Waals surface area contributed by atoms with Crippen molar-refractivity contribution in [1.29, 1.82) is 0 Å². The molecule has 0 amide bonds. The molecule has 0 aliphatic carbocycles. The molecule has 0 saturated carbocycles. The number of unbranched alkanes of at least 4 members (excludes halogenated alkanes) is 13. The maximum atomic E-state index is 11.1. The molecule has 0 aliphatic rings. The third kappa shape index (κ3) is 20.5. The molecule has 0 radical (unpaired) electrons. The quantitative estimate of drug-likeness (QED) is 0.128. The minimum atomic E-state index is 0.551. The molecule has 0 spiro atoms. The molecule has 0 atom stereocenters. The van der Waals surface area contributed by atoms with Gasteiger partial charge in [-0.3, -0.25) is 4.90 Å². The van der Waals surface area contributed by atoms with E-state index in [-0.39, 0.29) is 0 Å². The van der Waals surface area contributed by atoms with E-state index in [2.05, 4.69) is 23.6 Å². The van der Waals surface area contributed by atoms with Crippen molar-refractivity contribution in [2.45, 2.75) is 117 Å². The zero-order valence-electron chi connectivity index (χ0n) is 20.4. The van der Waals surface area contributed by atoms with Crippen LogP contribution in [0, 0.1) is 0 Å². The van der Waals surface area contributed by atoms with Crippen molar-refractivity contribution in [3.8, 4) is 0 Å². The molecule has 0 fully saturated rings. The highest BCUT2D eigenvalue weighted by atomic mass is 16.1. The average Bonchev–Trinajstić information content (AvgIpc) is 2.75. The highest BCUT2D eigenvalue weighted by molar-refractivity contribution is 5.51. The maximum absolute atomic E-state index is 11.1. The van der Waals surface area contributed by atoms with E-state index in [0.717, 1.165) is 51.7 Å². The van der Waals surface area contributed by atoms with Crippen LogP contribution in [0.3, 0.4) is 0 Å². The van der Waals surface area contributed by atoms with Crippen LogP contribution in [0.1, 0.15) is 117 Å². The summed E-state index contributed by atoms with van der Waals surface area (Å²) < 4.78 is 0. The first kappa shape index (κ1) is 29.3. The van der Waals surface area contributed by atoms with E-state index in [1.54, 1.807) is 0 Å². The Bertz CT molecular complexity index is 363. The molecule has 0 heterocycles. The lowest BCUT2D eigenvalue weighted by Crippen LogP contribution is -2.37. The molecule has 0 aromatic heterocycles. The van der Waals surface area contributed by atoms with Crippen LogP contribution in [0.15, 0.2) is 0 Å². The second-order valence-electron chi connectivity index (χ2n) is 8.86. The molecule has 0 saturated heterocycles. The third-order valence-electron chi connectivity index (χ3n) is 6.02. The van der Waals surface area contributed by atoms with Crippen molar-refractivity contribution >= 4 is 12.6 Å². The van der Waals surface area contributed by atoms with E-state index in [9.17, 15) is 9.59 Å². The zero-order chi connectivity index (χ0) is 22.1. The van der Waals surface area contributed by atoms with Crippen LogP contribution in [0.25, 0.3) is 0 Å². The normalized spacial score (nSPS) is 11.5. The summed E-state index contributed by atoms with van der Waals surface area (Å²) in [5, 5.41) is 0. The zero-order valence-corrected chi connectivity index (χ0v) is 20.4. The monoisotopic (exact) mass is 424 g/mol. The van der Waals surface area contributed by atoms with E-state index in [0.29, 0.717) is 13.0 Å². The van der Waals surface area contributed by atoms with Crippen LogP contribution >= 0.6 is 0 Å². The summed E-state index contributed by atoms with van der Waals surface area (Å²) in [4.78, 5) is 26.6. The SMILES string of the molecule is CCCCCCCCCN(CC=O)CCN(CCCC=O)CCCCCCCCC. The fraction of sp³-hybridized carbons (Fsp3) is 0.923. The fourth-order valence-electron chi connectivity index (χ4n) is 4.00. The van der Waals surface area contributed by atoms with Crippen molar-refractivity contribution in [3.63, 3.8) is 0 Å². The highest BCUT2D eigenvalue weighted by Crippen LogP contribution is 2.09. The maximum Gasteiger partial charge on any atom is 0.133 e. The van der Waals surface area contributed by atoms with Gasteiger partial charge in [-0.15, -0.1) is 0 Å². The predicted octanol–water partition coefficient (Wildman–Crippen LogP) is 6.27. The highest BCUT2D eigenvalue weighted by Gasteiger charge is 2.09. The summed E-state index contributed by atoms with van der Waals surface area (Å²) in [6.45, 7) is 10.2. The van der Waals surface area contributed by atoms with Gasteiger partial charge in [-0.1, -0.05) is 90.9 Å². The van der Waals surface area contributed by atoms with Crippen LogP contribution in [-0.2, 0) is 9.59 Å². The van der Waals surface area contributed by atoms with Crippen LogP contribution in [0.2, 0.25) is 0 Å². The van der Waals surface area contributed by atoms with E-state index in [1.165, 1.54) is 89.9 Å². The molecule has 0 aliphatic heterocycles. The first-order chi connectivity index (χ1) is 14.8. The Hall–Kier alpha value is -0.740. The lowest BCUT2D eigenvalue weighted by molar-refractivity contribution is -0.109. The van der Waals surface area contributed by atoms with Gasteiger partial charge < -0.3 is 14.5 Å². The van der Waals surface area contributed by atoms with Crippen molar-refractivity contribution in [2.75, 3.05) is 39.3 Å². The van der Waals surface area contributed by atoms with Gasteiger partial charge >= 0.3 is 0 Å². The standard InChI is InChI=1S/C26H52N2O2/c1-3-5-7-9-11-13-15-19-27(21-17-18-25-29)22-23-28(24-26-30)20-16-14-12-10-8-6-4-2/h25-26H,3-24H2,1-2H3. The van der Waals surface area contributed by atoms with Gasteiger partial charge in [-0.2, -0.15) is 0 Å². The van der Waals surface area contributed by atoms with E-state index in [4.69, 9.17) is 0 Å². The summed E-state index contributed by atoms with van der Waals surface area (Å²) >= 11 is 0. The molecule has 0 rings (SSSR count). The lowest BCUT2D eigenvalue weighted by atomic mass is 10.1. The molecule has 0 aromatic rings. The van der Waals surface area contributed by atoms with Crippen molar-refractivity contribution in [3.05, 3.63) is 0 Å². The summed E-state index contributed by atoms with van der Waals surface area (Å²) in [6, 6.07) is 0. The minimum absolute atomic E-state index is 0.551. The number of rotatable bonds is 25. The Balaban J connectivity index is 4.11. The van der Waals surface area contributed by atoms with Gasteiger partial charge in [0.15, 0.2) is 0 Å². The topological polar surface area (TPSA) is 40.6 Å². The van der Waals surface area contributed by atoms with E-state index < -0.39 is 0 Å². The first-order valence-electron chi connectivity index (χ1n) is 13.1. The fourth-order valence-corrected chi connectivity index (χ4v) is 4.00. The number of carbonyl (C=O) groups is 2. The predicted molar refractivity (Wildman–Crippen MR) is 130 cm³/mol. The Morgan fingerprint density at radius 3 is 1.40 bits per heavy atom. The number of carbonyl (C=O) groups excluding carboxylic acids is 2. The molecular formula is C26H52N2O2. The van der Waals surface area contributed by atoms with Crippen molar-refractivity contribution < 1.29 is 9.59 Å². The summed E-state index contributed by atoms with van der Waals surface area (Å²) in [7, 11) is 0. The first-order valence-corrected chi connectivity index (χ1v) is 13.1. The van der Waals surface area contributed by atoms with Crippen LogP contribution in [0.4, 0.5) is 0 Å². The Labute approximate surface area is 188 Å². The second kappa shape index (κ2) is 24.5. The summed E-state index contributed by atoms with van der Waals surface area (Å²) in [5.41, 5.74) is 0. The smallest absolute Gasteiger partial charge is 0.133 e. The van der Waals surface area contributed by atoms with Crippen molar-refractivity contribution in [2.24, 2.45) is 0 Å². The van der Waals surface area contributed by atoms with Gasteiger partial charge in [0, 0.05) is 19.5 Å². The molecule has 4 heteroatoms. The molecule has 30 heavy (non-hydrogen) atoms. The molecule has 178 valence electrons. The number of hydrogen-bond donors (Lipinski definition) is 0. The minimum Gasteiger partial charge on any atom is -0.303 e. The van der Waals surface area contributed by atoms with Gasteiger partial charge in [-0.25, -0.2) is 0 Å². The van der Waals surface area contributed by atoms with Gasteiger partial charge in [-0.05, 0) is 38.9 Å². The number of nitrogens with zero attached hydrogens (tertiary/aromatic N) is 2.